The summed E-state index contributed by atoms with van der Waals surface area (Å²) in [4.78, 5) is 14.6. The van der Waals surface area contributed by atoms with Gasteiger partial charge in [0.1, 0.15) is 5.82 Å². The molecule has 0 saturated carbocycles. The van der Waals surface area contributed by atoms with Crippen LogP contribution in [-0.2, 0) is 12.8 Å². The zero-order valence-electron chi connectivity index (χ0n) is 13.5. The van der Waals surface area contributed by atoms with E-state index in [-0.39, 0.29) is 0 Å². The van der Waals surface area contributed by atoms with Crippen molar-refractivity contribution in [2.75, 3.05) is 6.26 Å². The highest BCUT2D eigenvalue weighted by atomic mass is 32.2. The first-order valence-electron chi connectivity index (χ1n) is 7.89. The van der Waals surface area contributed by atoms with Crippen molar-refractivity contribution in [2.45, 2.75) is 37.5 Å². The van der Waals surface area contributed by atoms with Crippen LogP contribution in [0.3, 0.4) is 0 Å². The molecule has 23 heavy (non-hydrogen) atoms. The topological polar surface area (TPSA) is 56.0 Å². The van der Waals surface area contributed by atoms with Crippen molar-refractivity contribution < 1.29 is 0 Å². The molecule has 1 atom stereocenters. The van der Waals surface area contributed by atoms with Gasteiger partial charge in [0.2, 0.25) is 0 Å². The van der Waals surface area contributed by atoms with Gasteiger partial charge in [0.25, 0.3) is 0 Å². The molecule has 0 bridgehead atoms. The van der Waals surface area contributed by atoms with E-state index in [4.69, 9.17) is 0 Å². The van der Waals surface area contributed by atoms with E-state index in [9.17, 15) is 0 Å². The maximum Gasteiger partial charge on any atom is 0.155 e. The first-order chi connectivity index (χ1) is 11.2. The normalized spacial score (nSPS) is 12.6. The fourth-order valence-electron chi connectivity index (χ4n) is 2.48. The van der Waals surface area contributed by atoms with Gasteiger partial charge in [-0.25, -0.2) is 19.5 Å². The van der Waals surface area contributed by atoms with Crippen LogP contribution in [0, 0.1) is 5.92 Å². The summed E-state index contributed by atoms with van der Waals surface area (Å²) in [5.41, 5.74) is 2.04. The molecule has 0 spiro atoms. The van der Waals surface area contributed by atoms with Gasteiger partial charge in [-0.2, -0.15) is 5.10 Å². The van der Waals surface area contributed by atoms with Crippen LogP contribution in [-0.4, -0.2) is 30.8 Å². The summed E-state index contributed by atoms with van der Waals surface area (Å²) < 4.78 is 1.79. The largest absolute Gasteiger partial charge is 0.240 e. The molecule has 5 nitrogen and oxygen atoms in total. The van der Waals surface area contributed by atoms with Gasteiger partial charge >= 0.3 is 0 Å². The van der Waals surface area contributed by atoms with Gasteiger partial charge in [-0.3, -0.25) is 0 Å². The highest BCUT2D eigenvalue weighted by Gasteiger charge is 2.07. The molecule has 0 aromatic carbocycles. The molecule has 3 rings (SSSR count). The number of nitrogens with zero attached hydrogens (tertiary/aromatic N) is 5. The minimum absolute atomic E-state index is 0.627. The van der Waals surface area contributed by atoms with Crippen molar-refractivity contribution in [1.82, 2.24) is 24.6 Å². The number of thioether (sulfide) groups is 1. The van der Waals surface area contributed by atoms with Gasteiger partial charge in [-0.1, -0.05) is 6.92 Å². The Morgan fingerprint density at radius 1 is 1.13 bits per heavy atom. The van der Waals surface area contributed by atoms with Crippen molar-refractivity contribution in [3.8, 4) is 0 Å². The average molecular weight is 327 g/mol. The molecular weight excluding hydrogens is 306 g/mol. The number of hydrogen-bond acceptors (Lipinski definition) is 5. The molecule has 0 aliphatic rings. The first-order valence-corrected chi connectivity index (χ1v) is 9.11. The summed E-state index contributed by atoms with van der Waals surface area (Å²) >= 11 is 1.67. The van der Waals surface area contributed by atoms with Crippen molar-refractivity contribution in [1.29, 1.82) is 0 Å². The third-order valence-electron chi connectivity index (χ3n) is 3.99. The van der Waals surface area contributed by atoms with Crippen molar-refractivity contribution in [3.63, 3.8) is 0 Å². The van der Waals surface area contributed by atoms with Gasteiger partial charge in [-0.15, -0.1) is 11.8 Å². The van der Waals surface area contributed by atoms with Gasteiger partial charge < -0.3 is 0 Å². The molecule has 0 fully saturated rings. The predicted molar refractivity (Wildman–Crippen MR) is 92.6 cm³/mol. The smallest absolute Gasteiger partial charge is 0.155 e. The lowest BCUT2D eigenvalue weighted by atomic mass is 9.98. The number of fused-ring (bicyclic) bond motifs is 1. The third-order valence-corrected chi connectivity index (χ3v) is 4.67. The lowest BCUT2D eigenvalue weighted by Gasteiger charge is -2.10. The Kier molecular flexibility index (Phi) is 5.23. The highest BCUT2D eigenvalue weighted by molar-refractivity contribution is 7.98. The van der Waals surface area contributed by atoms with Crippen LogP contribution in [0.2, 0.25) is 0 Å². The van der Waals surface area contributed by atoms with Crippen molar-refractivity contribution in [3.05, 3.63) is 48.4 Å². The van der Waals surface area contributed by atoms with E-state index in [0.29, 0.717) is 5.92 Å². The summed E-state index contributed by atoms with van der Waals surface area (Å²) in [7, 11) is 0. The van der Waals surface area contributed by atoms with Crippen molar-refractivity contribution in [2.24, 2.45) is 5.92 Å². The fourth-order valence-corrected chi connectivity index (χ4v) is 2.80. The Hall–Kier alpha value is -1.95. The molecule has 0 aliphatic carbocycles. The summed E-state index contributed by atoms with van der Waals surface area (Å²) in [6, 6.07) is 3.99. The van der Waals surface area contributed by atoms with E-state index in [2.05, 4.69) is 33.0 Å². The molecule has 3 aromatic heterocycles. The van der Waals surface area contributed by atoms with Crippen molar-refractivity contribution >= 4 is 17.4 Å². The molecule has 0 N–H and O–H groups in total. The molecule has 0 aliphatic heterocycles. The van der Waals surface area contributed by atoms with Crippen LogP contribution >= 0.6 is 11.8 Å². The number of aromatic nitrogens is 5. The van der Waals surface area contributed by atoms with E-state index in [1.807, 2.05) is 30.9 Å². The lowest BCUT2D eigenvalue weighted by molar-refractivity contribution is 0.484. The second-order valence-corrected chi connectivity index (χ2v) is 6.65. The summed E-state index contributed by atoms with van der Waals surface area (Å²) in [5.74, 6) is 1.57. The molecule has 1 unspecified atom stereocenters. The number of hydrogen-bond donors (Lipinski definition) is 0. The monoisotopic (exact) mass is 327 g/mol. The minimum Gasteiger partial charge on any atom is -0.240 e. The van der Waals surface area contributed by atoms with Gasteiger partial charge in [0.05, 0.1) is 6.20 Å². The van der Waals surface area contributed by atoms with Gasteiger partial charge in [0.15, 0.2) is 5.65 Å². The van der Waals surface area contributed by atoms with E-state index in [1.165, 1.54) is 0 Å². The average Bonchev–Trinajstić information content (AvgIpc) is 3.06. The van der Waals surface area contributed by atoms with Crippen LogP contribution in [0.15, 0.2) is 41.8 Å². The van der Waals surface area contributed by atoms with Gasteiger partial charge in [-0.05, 0) is 37.5 Å². The molecule has 120 valence electrons. The molecule has 6 heteroatoms. The van der Waals surface area contributed by atoms with Crippen LogP contribution in [0.4, 0.5) is 0 Å². The fraction of sp³-hybridized carbons (Fsp3) is 0.412. The van der Waals surface area contributed by atoms with E-state index < -0.39 is 0 Å². The lowest BCUT2D eigenvalue weighted by Crippen LogP contribution is -2.04. The predicted octanol–water partition coefficient (Wildman–Crippen LogP) is 3.44. The Balaban J connectivity index is 1.47. The van der Waals surface area contributed by atoms with Crippen LogP contribution in [0.1, 0.15) is 31.3 Å². The number of rotatable bonds is 7. The molecule has 3 aromatic rings. The second kappa shape index (κ2) is 7.55. The maximum atomic E-state index is 4.62. The van der Waals surface area contributed by atoms with E-state index in [0.717, 1.165) is 47.7 Å². The zero-order chi connectivity index (χ0) is 16.1. The molecular formula is C17H21N5S. The van der Waals surface area contributed by atoms with E-state index >= 15 is 0 Å². The van der Waals surface area contributed by atoms with Gasteiger partial charge in [0, 0.05) is 41.7 Å². The summed E-state index contributed by atoms with van der Waals surface area (Å²) in [5, 5.41) is 4.17. The maximum absolute atomic E-state index is 4.62. The first kappa shape index (κ1) is 15.9. The summed E-state index contributed by atoms with van der Waals surface area (Å²) in [6.45, 7) is 2.29. The Morgan fingerprint density at radius 2 is 1.91 bits per heavy atom. The standard InChI is InChI=1S/C17H21N5S/c1-13(4-6-16-18-11-15(23-2)12-19-16)3-5-14-8-10-22-17(21-14)7-9-20-22/h7-13H,3-6H2,1-2H3. The molecule has 0 amide bonds. The van der Waals surface area contributed by atoms with Crippen LogP contribution in [0.25, 0.3) is 5.65 Å². The molecule has 0 saturated heterocycles. The third kappa shape index (κ3) is 4.28. The quantitative estimate of drug-likeness (QED) is 0.622. The zero-order valence-corrected chi connectivity index (χ0v) is 14.3. The van der Waals surface area contributed by atoms with E-state index in [1.54, 1.807) is 22.5 Å². The molecule has 3 heterocycles. The Bertz CT molecular complexity index is 753. The Labute approximate surface area is 140 Å². The number of aryl methyl sites for hydroxylation is 2. The SMILES string of the molecule is CSc1cnc(CCC(C)CCc2ccn3nccc3n2)nc1. The Morgan fingerprint density at radius 3 is 2.70 bits per heavy atom. The molecule has 0 radical (unpaired) electrons. The summed E-state index contributed by atoms with van der Waals surface area (Å²) in [6.07, 6.45) is 13.8. The second-order valence-electron chi connectivity index (χ2n) is 5.77. The minimum atomic E-state index is 0.627. The highest BCUT2D eigenvalue weighted by Crippen LogP contribution is 2.15. The van der Waals surface area contributed by atoms with Crippen LogP contribution < -0.4 is 0 Å². The van der Waals surface area contributed by atoms with Crippen LogP contribution in [0.5, 0.6) is 0 Å².